The summed E-state index contributed by atoms with van der Waals surface area (Å²) in [6.45, 7) is 0. The number of fused-ring (bicyclic) bond motifs is 1. The summed E-state index contributed by atoms with van der Waals surface area (Å²) in [6, 6.07) is 13.1. The number of amidine groups is 1. The van der Waals surface area contributed by atoms with Crippen LogP contribution in [0.5, 0.6) is 0 Å². The molecule has 0 saturated heterocycles. The van der Waals surface area contributed by atoms with Crippen molar-refractivity contribution in [1.82, 2.24) is 9.55 Å². The lowest BCUT2D eigenvalue weighted by molar-refractivity contribution is 0.965. The summed E-state index contributed by atoms with van der Waals surface area (Å²) >= 11 is 0. The van der Waals surface area contributed by atoms with Crippen molar-refractivity contribution in [2.45, 2.75) is 6.42 Å². The molecule has 3 aromatic rings. The van der Waals surface area contributed by atoms with Crippen molar-refractivity contribution in [1.29, 1.82) is 10.8 Å². The molecule has 25 heavy (non-hydrogen) atoms. The van der Waals surface area contributed by atoms with E-state index < -0.39 is 0 Å². The van der Waals surface area contributed by atoms with Crippen LogP contribution in [0.3, 0.4) is 0 Å². The van der Waals surface area contributed by atoms with Gasteiger partial charge in [0.1, 0.15) is 17.2 Å². The van der Waals surface area contributed by atoms with Crippen molar-refractivity contribution in [3.8, 4) is 11.1 Å². The maximum Gasteiger partial charge on any atom is 0.138 e. The van der Waals surface area contributed by atoms with E-state index in [-0.39, 0.29) is 11.3 Å². The van der Waals surface area contributed by atoms with Crippen LogP contribution in [0, 0.1) is 10.8 Å². The van der Waals surface area contributed by atoms with Gasteiger partial charge < -0.3 is 5.73 Å². The third-order valence-corrected chi connectivity index (χ3v) is 4.19. The number of nitrogens with zero attached hydrogens (tertiary/aromatic N) is 3. The Morgan fingerprint density at radius 3 is 2.60 bits per heavy atom. The van der Waals surface area contributed by atoms with Crippen molar-refractivity contribution in [3.63, 3.8) is 0 Å². The van der Waals surface area contributed by atoms with Gasteiger partial charge in [0, 0.05) is 30.6 Å². The largest absolute Gasteiger partial charge is 0.387 e. The molecule has 3 heterocycles. The first-order chi connectivity index (χ1) is 12.1. The van der Waals surface area contributed by atoms with E-state index >= 15 is 0 Å². The molecule has 4 N–H and O–H groups in total. The minimum atomic E-state index is 0.239. The van der Waals surface area contributed by atoms with E-state index in [1.807, 2.05) is 24.4 Å². The Kier molecular flexibility index (Phi) is 3.50. The molecular weight excluding hydrogens is 312 g/mol. The fraction of sp³-hybridized carbons (Fsp3) is 0.0526. The van der Waals surface area contributed by atoms with Gasteiger partial charge in [-0.3, -0.25) is 20.4 Å². The minimum absolute atomic E-state index is 0.239. The second-order valence-electron chi connectivity index (χ2n) is 5.88. The minimum Gasteiger partial charge on any atom is -0.387 e. The van der Waals surface area contributed by atoms with Crippen molar-refractivity contribution in [3.05, 3.63) is 77.7 Å². The highest BCUT2D eigenvalue weighted by Gasteiger charge is 2.13. The van der Waals surface area contributed by atoms with Crippen LogP contribution in [0.2, 0.25) is 0 Å². The van der Waals surface area contributed by atoms with Crippen LogP contribution in [-0.2, 0) is 6.42 Å². The zero-order valence-corrected chi connectivity index (χ0v) is 13.4. The molecule has 4 rings (SSSR count). The summed E-state index contributed by atoms with van der Waals surface area (Å²) in [5.74, 6) is 0.867. The summed E-state index contributed by atoms with van der Waals surface area (Å²) in [6.07, 6.45) is 5.75. The highest BCUT2D eigenvalue weighted by atomic mass is 15.0. The molecule has 0 fully saturated rings. The topological polar surface area (TPSA) is 104 Å². The fourth-order valence-corrected chi connectivity index (χ4v) is 2.91. The van der Waals surface area contributed by atoms with Crippen LogP contribution >= 0.6 is 0 Å². The van der Waals surface area contributed by atoms with Crippen LogP contribution in [0.15, 0.2) is 66.0 Å². The van der Waals surface area contributed by atoms with Gasteiger partial charge in [0.2, 0.25) is 0 Å². The number of aromatic nitrogens is 2. The molecule has 1 aliphatic rings. The van der Waals surface area contributed by atoms with Crippen LogP contribution < -0.4 is 11.2 Å². The van der Waals surface area contributed by atoms with E-state index in [4.69, 9.17) is 16.6 Å². The number of aliphatic imine (C=N–C) groups is 1. The maximum absolute atomic E-state index is 8.40. The van der Waals surface area contributed by atoms with Gasteiger partial charge >= 0.3 is 0 Å². The van der Waals surface area contributed by atoms with Crippen LogP contribution in [0.4, 0.5) is 5.69 Å². The molecule has 0 radical (unpaired) electrons. The lowest BCUT2D eigenvalue weighted by Crippen LogP contribution is -2.26. The zero-order chi connectivity index (χ0) is 17.4. The van der Waals surface area contributed by atoms with E-state index in [0.717, 1.165) is 22.4 Å². The van der Waals surface area contributed by atoms with Gasteiger partial charge in [0.05, 0.1) is 5.69 Å². The first-order valence-electron chi connectivity index (χ1n) is 7.85. The van der Waals surface area contributed by atoms with Gasteiger partial charge in [0.15, 0.2) is 0 Å². The van der Waals surface area contributed by atoms with Gasteiger partial charge in [-0.15, -0.1) is 0 Å². The quantitative estimate of drug-likeness (QED) is 0.497. The average molecular weight is 328 g/mol. The standard InChI is InChI=1S/C19H16N6/c20-17-10-15-9-13(1-3-16(15)24-17)14-2-4-18(21)25(11-14)19(22)12-5-7-23-8-6-12/h1-9,11,21-22H,10H2,(H2,20,24). The number of nitrogens with two attached hydrogens (primary N) is 1. The average Bonchev–Trinajstić information content (AvgIpc) is 3.01. The van der Waals surface area contributed by atoms with Crippen LogP contribution in [-0.4, -0.2) is 21.2 Å². The van der Waals surface area contributed by atoms with Crippen molar-refractivity contribution in [2.24, 2.45) is 10.7 Å². The lowest BCUT2D eigenvalue weighted by atomic mass is 10.0. The summed E-state index contributed by atoms with van der Waals surface area (Å²) < 4.78 is 1.56. The predicted octanol–water partition coefficient (Wildman–Crippen LogP) is 2.45. The maximum atomic E-state index is 8.40. The Balaban J connectivity index is 1.75. The summed E-state index contributed by atoms with van der Waals surface area (Å²) in [7, 11) is 0. The molecule has 0 aliphatic carbocycles. The van der Waals surface area contributed by atoms with Crippen molar-refractivity contribution >= 4 is 17.4 Å². The molecule has 6 heteroatoms. The Bertz CT molecular complexity index is 1060. The second-order valence-corrected chi connectivity index (χ2v) is 5.88. The SMILES string of the molecule is N=C(c1ccncc1)n1cc(-c2ccc3c(c2)CC(N)=N3)ccc1=N. The third-order valence-electron chi connectivity index (χ3n) is 4.19. The second kappa shape index (κ2) is 5.83. The highest BCUT2D eigenvalue weighted by molar-refractivity contribution is 5.98. The lowest BCUT2D eigenvalue weighted by Gasteiger charge is -2.11. The molecule has 0 atom stereocenters. The van der Waals surface area contributed by atoms with E-state index in [1.165, 1.54) is 0 Å². The Morgan fingerprint density at radius 2 is 1.80 bits per heavy atom. The van der Waals surface area contributed by atoms with E-state index in [2.05, 4.69) is 16.0 Å². The highest BCUT2D eigenvalue weighted by Crippen LogP contribution is 2.30. The first-order valence-corrected chi connectivity index (χ1v) is 7.85. The Hall–Kier alpha value is -3.54. The molecule has 2 aromatic heterocycles. The van der Waals surface area contributed by atoms with Crippen molar-refractivity contribution < 1.29 is 0 Å². The fourth-order valence-electron chi connectivity index (χ4n) is 2.91. The zero-order valence-electron chi connectivity index (χ0n) is 13.4. The Morgan fingerprint density at radius 1 is 1.04 bits per heavy atom. The van der Waals surface area contributed by atoms with Gasteiger partial charge in [0.25, 0.3) is 0 Å². The van der Waals surface area contributed by atoms with Crippen LogP contribution in [0.1, 0.15) is 11.1 Å². The molecule has 1 aliphatic heterocycles. The Labute approximate surface area is 144 Å². The number of pyridine rings is 2. The molecule has 1 aromatic carbocycles. The van der Waals surface area contributed by atoms with Crippen LogP contribution in [0.25, 0.3) is 11.1 Å². The van der Waals surface area contributed by atoms with Crippen molar-refractivity contribution in [2.75, 3.05) is 0 Å². The molecule has 0 bridgehead atoms. The van der Waals surface area contributed by atoms with E-state index in [1.54, 1.807) is 35.2 Å². The number of benzene rings is 1. The normalized spacial score (nSPS) is 12.6. The van der Waals surface area contributed by atoms with E-state index in [9.17, 15) is 0 Å². The third kappa shape index (κ3) is 2.74. The molecule has 0 unspecified atom stereocenters. The van der Waals surface area contributed by atoms with E-state index in [0.29, 0.717) is 17.8 Å². The predicted molar refractivity (Wildman–Crippen MR) is 97.2 cm³/mol. The molecule has 122 valence electrons. The number of hydrogen-bond donors (Lipinski definition) is 3. The summed E-state index contributed by atoms with van der Waals surface area (Å²) in [5, 5.41) is 16.5. The molecule has 0 spiro atoms. The number of rotatable bonds is 2. The molecule has 0 amide bonds. The monoisotopic (exact) mass is 328 g/mol. The summed E-state index contributed by atoms with van der Waals surface area (Å²) in [4.78, 5) is 8.28. The van der Waals surface area contributed by atoms with Gasteiger partial charge in [-0.05, 0) is 53.1 Å². The first kappa shape index (κ1) is 15.0. The summed E-state index contributed by atoms with van der Waals surface area (Å²) in [5.41, 5.74) is 10.7. The van der Waals surface area contributed by atoms with Gasteiger partial charge in [-0.25, -0.2) is 4.99 Å². The van der Waals surface area contributed by atoms with Gasteiger partial charge in [-0.2, -0.15) is 0 Å². The number of nitrogens with one attached hydrogen (secondary N) is 2. The smallest absolute Gasteiger partial charge is 0.138 e. The number of hydrogen-bond acceptors (Lipinski definition) is 5. The molecule has 6 nitrogen and oxygen atoms in total. The molecular formula is C19H16N6. The van der Waals surface area contributed by atoms with Gasteiger partial charge in [-0.1, -0.05) is 6.07 Å². The molecule has 0 saturated carbocycles.